The Bertz CT molecular complexity index is 922. The molecular weight excluding hydrogens is 271 g/mol. The molecule has 0 saturated heterocycles. The van der Waals surface area contributed by atoms with E-state index in [1.54, 1.807) is 6.07 Å². The molecule has 4 rings (SSSR count). The van der Waals surface area contributed by atoms with Gasteiger partial charge in [0.2, 0.25) is 0 Å². The molecule has 4 aromatic rings. The number of hydrogen-bond acceptors (Lipinski definition) is 0. The summed E-state index contributed by atoms with van der Waals surface area (Å²) in [5.74, 6) is -0.208. The quantitative estimate of drug-likeness (QED) is 0.350. The van der Waals surface area contributed by atoms with Gasteiger partial charge in [0.15, 0.2) is 0 Å². The molecule has 0 N–H and O–H groups in total. The molecule has 0 radical (unpaired) electrons. The summed E-state index contributed by atoms with van der Waals surface area (Å²) in [4.78, 5) is 0. The van der Waals surface area contributed by atoms with Gasteiger partial charge in [0.1, 0.15) is 5.82 Å². The summed E-state index contributed by atoms with van der Waals surface area (Å²) in [6.45, 7) is 0. The van der Waals surface area contributed by atoms with Crippen molar-refractivity contribution in [1.82, 2.24) is 0 Å². The highest BCUT2D eigenvalue weighted by Gasteiger charge is 2.12. The fraction of sp³-hybridized carbons (Fsp3) is 0. The molecule has 0 saturated carbocycles. The summed E-state index contributed by atoms with van der Waals surface area (Å²) < 4.78 is 14.3. The first kappa shape index (κ1) is 11.7. The first-order valence-corrected chi connectivity index (χ1v) is 6.82. The van der Waals surface area contributed by atoms with Gasteiger partial charge in [-0.2, -0.15) is 0 Å². The number of fused-ring (bicyclic) bond motifs is 6. The standard InChI is InChI=1S/C18H10ClF/c19-15-9-3-7-12-11-5-1-2-6-13(11)18-14(17(12)15)8-4-10-16(18)20/h1-10H. The molecule has 0 aliphatic carbocycles. The SMILES string of the molecule is Fc1cccc2c1c1ccccc1c1cccc(Cl)c12. The zero-order chi connectivity index (χ0) is 13.7. The zero-order valence-electron chi connectivity index (χ0n) is 10.5. The third-order valence-electron chi connectivity index (χ3n) is 3.78. The van der Waals surface area contributed by atoms with Crippen LogP contribution in [-0.4, -0.2) is 0 Å². The van der Waals surface area contributed by atoms with Crippen LogP contribution in [0.25, 0.3) is 32.3 Å². The second-order valence-electron chi connectivity index (χ2n) is 4.87. The summed E-state index contributed by atoms with van der Waals surface area (Å²) in [6.07, 6.45) is 0. The van der Waals surface area contributed by atoms with Gasteiger partial charge in [-0.1, -0.05) is 60.1 Å². The molecular formula is C18H10ClF. The number of benzene rings is 4. The van der Waals surface area contributed by atoms with Crippen LogP contribution >= 0.6 is 11.6 Å². The molecule has 0 nitrogen and oxygen atoms in total. The highest BCUT2D eigenvalue weighted by atomic mass is 35.5. The van der Waals surface area contributed by atoms with Gasteiger partial charge in [0.25, 0.3) is 0 Å². The van der Waals surface area contributed by atoms with Crippen molar-refractivity contribution in [2.75, 3.05) is 0 Å². The van der Waals surface area contributed by atoms with Crippen LogP contribution in [0, 0.1) is 5.82 Å². The summed E-state index contributed by atoms with van der Waals surface area (Å²) in [5, 5.41) is 6.10. The molecule has 0 amide bonds. The fourth-order valence-electron chi connectivity index (χ4n) is 2.96. The van der Waals surface area contributed by atoms with Gasteiger partial charge in [-0.25, -0.2) is 4.39 Å². The third-order valence-corrected chi connectivity index (χ3v) is 4.10. The van der Waals surface area contributed by atoms with Gasteiger partial charge in [-0.05, 0) is 33.7 Å². The van der Waals surface area contributed by atoms with Crippen LogP contribution in [0.15, 0.2) is 60.7 Å². The van der Waals surface area contributed by atoms with Gasteiger partial charge in [0, 0.05) is 15.8 Å². The first-order chi connectivity index (χ1) is 9.77. The van der Waals surface area contributed by atoms with E-state index in [4.69, 9.17) is 11.6 Å². The Labute approximate surface area is 120 Å². The van der Waals surface area contributed by atoms with Crippen molar-refractivity contribution >= 4 is 43.9 Å². The maximum absolute atomic E-state index is 14.3. The molecule has 20 heavy (non-hydrogen) atoms. The van der Waals surface area contributed by atoms with Crippen molar-refractivity contribution in [2.45, 2.75) is 0 Å². The van der Waals surface area contributed by atoms with Gasteiger partial charge in [-0.15, -0.1) is 0 Å². The molecule has 96 valence electrons. The minimum atomic E-state index is -0.208. The minimum absolute atomic E-state index is 0.208. The van der Waals surface area contributed by atoms with Gasteiger partial charge >= 0.3 is 0 Å². The second-order valence-corrected chi connectivity index (χ2v) is 5.28. The smallest absolute Gasteiger partial charge is 0.131 e. The van der Waals surface area contributed by atoms with Gasteiger partial charge in [0.05, 0.1) is 0 Å². The number of rotatable bonds is 0. The molecule has 0 spiro atoms. The Hall–Kier alpha value is -2.12. The van der Waals surface area contributed by atoms with Crippen LogP contribution in [0.4, 0.5) is 4.39 Å². The molecule has 0 heterocycles. The van der Waals surface area contributed by atoms with Gasteiger partial charge < -0.3 is 0 Å². The average Bonchev–Trinajstić information content (AvgIpc) is 2.47. The van der Waals surface area contributed by atoms with E-state index in [0.29, 0.717) is 10.4 Å². The van der Waals surface area contributed by atoms with E-state index in [0.717, 1.165) is 26.9 Å². The predicted octanol–water partition coefficient (Wildman–Crippen LogP) is 5.94. The molecule has 0 atom stereocenters. The van der Waals surface area contributed by atoms with Crippen LogP contribution in [0.1, 0.15) is 0 Å². The van der Waals surface area contributed by atoms with E-state index in [1.165, 1.54) is 6.07 Å². The van der Waals surface area contributed by atoms with E-state index >= 15 is 0 Å². The molecule has 0 aliphatic rings. The molecule has 0 bridgehead atoms. The summed E-state index contributed by atoms with van der Waals surface area (Å²) in [6, 6.07) is 18.9. The predicted molar refractivity (Wildman–Crippen MR) is 83.9 cm³/mol. The molecule has 4 aromatic carbocycles. The third kappa shape index (κ3) is 1.47. The van der Waals surface area contributed by atoms with Crippen LogP contribution < -0.4 is 0 Å². The Morgan fingerprint density at radius 1 is 0.600 bits per heavy atom. The maximum Gasteiger partial charge on any atom is 0.131 e. The van der Waals surface area contributed by atoms with Crippen LogP contribution in [0.3, 0.4) is 0 Å². The lowest BCUT2D eigenvalue weighted by atomic mass is 9.94. The van der Waals surface area contributed by atoms with Crippen molar-refractivity contribution < 1.29 is 4.39 Å². The average molecular weight is 281 g/mol. The van der Waals surface area contributed by atoms with E-state index in [-0.39, 0.29) is 5.82 Å². The van der Waals surface area contributed by atoms with Crippen molar-refractivity contribution in [3.8, 4) is 0 Å². The topological polar surface area (TPSA) is 0 Å². The van der Waals surface area contributed by atoms with E-state index in [1.807, 2.05) is 48.5 Å². The van der Waals surface area contributed by atoms with Crippen molar-refractivity contribution in [3.63, 3.8) is 0 Å². The van der Waals surface area contributed by atoms with Gasteiger partial charge in [-0.3, -0.25) is 0 Å². The Kier molecular flexibility index (Phi) is 2.45. The first-order valence-electron chi connectivity index (χ1n) is 6.44. The fourth-order valence-corrected chi connectivity index (χ4v) is 3.24. The minimum Gasteiger partial charge on any atom is -0.206 e. The highest BCUT2D eigenvalue weighted by molar-refractivity contribution is 6.40. The van der Waals surface area contributed by atoms with Crippen molar-refractivity contribution in [2.24, 2.45) is 0 Å². The van der Waals surface area contributed by atoms with Crippen LogP contribution in [0.5, 0.6) is 0 Å². The van der Waals surface area contributed by atoms with Crippen molar-refractivity contribution in [1.29, 1.82) is 0 Å². The zero-order valence-corrected chi connectivity index (χ0v) is 11.3. The highest BCUT2D eigenvalue weighted by Crippen LogP contribution is 2.39. The summed E-state index contributed by atoms with van der Waals surface area (Å²) in [7, 11) is 0. The molecule has 2 heteroatoms. The maximum atomic E-state index is 14.3. The Balaban J connectivity index is 2.49. The lowest BCUT2D eigenvalue weighted by Crippen LogP contribution is -1.86. The molecule has 0 fully saturated rings. The van der Waals surface area contributed by atoms with Crippen LogP contribution in [0.2, 0.25) is 5.02 Å². The lowest BCUT2D eigenvalue weighted by molar-refractivity contribution is 0.641. The van der Waals surface area contributed by atoms with E-state index in [2.05, 4.69) is 0 Å². The monoisotopic (exact) mass is 280 g/mol. The summed E-state index contributed by atoms with van der Waals surface area (Å²) >= 11 is 6.37. The Morgan fingerprint density at radius 3 is 2.05 bits per heavy atom. The Morgan fingerprint density at radius 2 is 1.20 bits per heavy atom. The number of halogens is 2. The molecule has 0 aromatic heterocycles. The second kappa shape index (κ2) is 4.19. The van der Waals surface area contributed by atoms with E-state index < -0.39 is 0 Å². The van der Waals surface area contributed by atoms with E-state index in [9.17, 15) is 4.39 Å². The lowest BCUT2D eigenvalue weighted by Gasteiger charge is -2.11. The van der Waals surface area contributed by atoms with Crippen molar-refractivity contribution in [3.05, 3.63) is 71.5 Å². The molecule has 0 unspecified atom stereocenters. The largest absolute Gasteiger partial charge is 0.206 e. The summed E-state index contributed by atoms with van der Waals surface area (Å²) in [5.41, 5.74) is 0. The molecule has 0 aliphatic heterocycles. The normalized spacial score (nSPS) is 11.5. The number of hydrogen-bond donors (Lipinski definition) is 0. The van der Waals surface area contributed by atoms with Crippen LogP contribution in [-0.2, 0) is 0 Å².